The number of rotatable bonds is 4. The molecule has 1 saturated heterocycles. The van der Waals surface area contributed by atoms with E-state index >= 15 is 0 Å². The van der Waals surface area contributed by atoms with Crippen LogP contribution in [-0.2, 0) is 9.47 Å². The first-order valence-electron chi connectivity index (χ1n) is 5.91. The molecule has 0 bridgehead atoms. The van der Waals surface area contributed by atoms with Crippen LogP contribution in [0.3, 0.4) is 0 Å². The molecular weight excluding hydrogens is 176 g/mol. The van der Waals surface area contributed by atoms with Crippen LogP contribution in [0.1, 0.15) is 47.0 Å². The summed E-state index contributed by atoms with van der Waals surface area (Å²) in [5, 5.41) is 0. The van der Waals surface area contributed by atoms with Crippen molar-refractivity contribution in [2.75, 3.05) is 13.2 Å². The Balaban J connectivity index is 2.70. The van der Waals surface area contributed by atoms with Crippen molar-refractivity contribution in [2.45, 2.75) is 59.2 Å². The van der Waals surface area contributed by atoms with Gasteiger partial charge in [-0.1, -0.05) is 27.7 Å². The van der Waals surface area contributed by atoms with E-state index in [1.165, 1.54) is 0 Å². The van der Waals surface area contributed by atoms with Crippen LogP contribution >= 0.6 is 0 Å². The zero-order valence-electron chi connectivity index (χ0n) is 10.0. The van der Waals surface area contributed by atoms with Gasteiger partial charge in [0.1, 0.15) is 0 Å². The lowest BCUT2D eigenvalue weighted by Gasteiger charge is -2.43. The fraction of sp³-hybridized carbons (Fsp3) is 1.00. The van der Waals surface area contributed by atoms with Crippen LogP contribution in [0.15, 0.2) is 0 Å². The highest BCUT2D eigenvalue weighted by Gasteiger charge is 2.39. The lowest BCUT2D eigenvalue weighted by Crippen LogP contribution is -2.48. The Bertz CT molecular complexity index is 164. The standard InChI is InChI=1S/C12H24O2/c1-5-10-11(14-9-8-13-10)12(4,6-2)7-3/h10-11H,5-9H2,1-4H3. The molecule has 1 fully saturated rings. The summed E-state index contributed by atoms with van der Waals surface area (Å²) in [6, 6.07) is 0. The first-order valence-corrected chi connectivity index (χ1v) is 5.91. The van der Waals surface area contributed by atoms with Gasteiger partial charge in [0, 0.05) is 0 Å². The minimum atomic E-state index is 0.279. The second-order valence-corrected chi connectivity index (χ2v) is 4.47. The number of ether oxygens (including phenoxy) is 2. The fourth-order valence-electron chi connectivity index (χ4n) is 2.20. The number of hydrogen-bond acceptors (Lipinski definition) is 2. The molecule has 1 rings (SSSR count). The van der Waals surface area contributed by atoms with Gasteiger partial charge in [0.2, 0.25) is 0 Å². The third kappa shape index (κ3) is 2.29. The monoisotopic (exact) mass is 200 g/mol. The van der Waals surface area contributed by atoms with Gasteiger partial charge in [-0.3, -0.25) is 0 Å². The first kappa shape index (κ1) is 12.0. The molecule has 1 heterocycles. The molecule has 0 amide bonds. The van der Waals surface area contributed by atoms with E-state index in [4.69, 9.17) is 9.47 Å². The van der Waals surface area contributed by atoms with Crippen LogP contribution in [0.4, 0.5) is 0 Å². The molecule has 0 aromatic carbocycles. The van der Waals surface area contributed by atoms with Crippen molar-refractivity contribution in [3.63, 3.8) is 0 Å². The Morgan fingerprint density at radius 2 is 1.64 bits per heavy atom. The Hall–Kier alpha value is -0.0800. The summed E-state index contributed by atoms with van der Waals surface area (Å²) in [6.07, 6.45) is 3.97. The Labute approximate surface area is 88.0 Å². The molecule has 0 spiro atoms. The van der Waals surface area contributed by atoms with Crippen molar-refractivity contribution in [1.29, 1.82) is 0 Å². The maximum absolute atomic E-state index is 5.90. The number of hydrogen-bond donors (Lipinski definition) is 0. The molecule has 2 atom stereocenters. The highest BCUT2D eigenvalue weighted by Crippen LogP contribution is 2.36. The van der Waals surface area contributed by atoms with Crippen LogP contribution < -0.4 is 0 Å². The molecule has 0 saturated carbocycles. The van der Waals surface area contributed by atoms with Gasteiger partial charge in [0.15, 0.2) is 0 Å². The Morgan fingerprint density at radius 1 is 1.07 bits per heavy atom. The van der Waals surface area contributed by atoms with Gasteiger partial charge in [-0.05, 0) is 24.7 Å². The van der Waals surface area contributed by atoms with Crippen molar-refractivity contribution in [2.24, 2.45) is 5.41 Å². The highest BCUT2D eigenvalue weighted by molar-refractivity contribution is 4.88. The molecule has 1 aliphatic rings. The average Bonchev–Trinajstić information content (AvgIpc) is 2.28. The zero-order valence-corrected chi connectivity index (χ0v) is 10.0. The average molecular weight is 200 g/mol. The summed E-state index contributed by atoms with van der Waals surface area (Å²) < 4.78 is 11.7. The van der Waals surface area contributed by atoms with Gasteiger partial charge in [0.25, 0.3) is 0 Å². The van der Waals surface area contributed by atoms with Crippen molar-refractivity contribution < 1.29 is 9.47 Å². The third-order valence-electron chi connectivity index (χ3n) is 3.75. The van der Waals surface area contributed by atoms with Crippen molar-refractivity contribution in [1.82, 2.24) is 0 Å². The SMILES string of the molecule is CCC1OCCOC1C(C)(CC)CC. The van der Waals surface area contributed by atoms with E-state index in [9.17, 15) is 0 Å². The first-order chi connectivity index (χ1) is 6.68. The van der Waals surface area contributed by atoms with Crippen molar-refractivity contribution >= 4 is 0 Å². The molecular formula is C12H24O2. The molecule has 2 unspecified atom stereocenters. The van der Waals surface area contributed by atoms with E-state index in [1.807, 2.05) is 0 Å². The molecule has 0 aromatic rings. The second-order valence-electron chi connectivity index (χ2n) is 4.47. The normalized spacial score (nSPS) is 29.1. The largest absolute Gasteiger partial charge is 0.373 e. The maximum atomic E-state index is 5.90. The van der Waals surface area contributed by atoms with E-state index in [0.29, 0.717) is 6.10 Å². The predicted octanol–water partition coefficient (Wildman–Crippen LogP) is 3.01. The van der Waals surface area contributed by atoms with E-state index in [2.05, 4.69) is 27.7 Å². The van der Waals surface area contributed by atoms with E-state index in [1.54, 1.807) is 0 Å². The zero-order chi connectivity index (χ0) is 10.6. The molecule has 2 heteroatoms. The quantitative estimate of drug-likeness (QED) is 0.694. The van der Waals surface area contributed by atoms with Gasteiger partial charge in [-0.25, -0.2) is 0 Å². The molecule has 0 aromatic heterocycles. The lowest BCUT2D eigenvalue weighted by atomic mass is 9.76. The Kier molecular flexibility index (Phi) is 4.39. The summed E-state index contributed by atoms with van der Waals surface area (Å²) >= 11 is 0. The summed E-state index contributed by atoms with van der Waals surface area (Å²) in [5.41, 5.74) is 0.279. The summed E-state index contributed by atoms with van der Waals surface area (Å²) in [5.74, 6) is 0. The van der Waals surface area contributed by atoms with Gasteiger partial charge in [-0.15, -0.1) is 0 Å². The molecule has 84 valence electrons. The van der Waals surface area contributed by atoms with E-state index in [-0.39, 0.29) is 11.5 Å². The van der Waals surface area contributed by atoms with Crippen molar-refractivity contribution in [3.8, 4) is 0 Å². The third-order valence-corrected chi connectivity index (χ3v) is 3.75. The smallest absolute Gasteiger partial charge is 0.0890 e. The minimum absolute atomic E-state index is 0.279. The maximum Gasteiger partial charge on any atom is 0.0890 e. The van der Waals surface area contributed by atoms with Gasteiger partial charge in [-0.2, -0.15) is 0 Å². The van der Waals surface area contributed by atoms with Gasteiger partial charge in [0.05, 0.1) is 25.4 Å². The summed E-state index contributed by atoms with van der Waals surface area (Å²) in [4.78, 5) is 0. The second kappa shape index (κ2) is 5.13. The Morgan fingerprint density at radius 3 is 2.14 bits per heavy atom. The van der Waals surface area contributed by atoms with Crippen LogP contribution in [0.5, 0.6) is 0 Å². The summed E-state index contributed by atoms with van der Waals surface area (Å²) in [6.45, 7) is 10.5. The van der Waals surface area contributed by atoms with E-state index in [0.717, 1.165) is 32.5 Å². The minimum Gasteiger partial charge on any atom is -0.373 e. The van der Waals surface area contributed by atoms with Crippen LogP contribution in [-0.4, -0.2) is 25.4 Å². The summed E-state index contributed by atoms with van der Waals surface area (Å²) in [7, 11) is 0. The molecule has 0 radical (unpaired) electrons. The van der Waals surface area contributed by atoms with Crippen molar-refractivity contribution in [3.05, 3.63) is 0 Å². The van der Waals surface area contributed by atoms with Crippen LogP contribution in [0.2, 0.25) is 0 Å². The topological polar surface area (TPSA) is 18.5 Å². The van der Waals surface area contributed by atoms with E-state index < -0.39 is 0 Å². The molecule has 14 heavy (non-hydrogen) atoms. The van der Waals surface area contributed by atoms with Gasteiger partial charge < -0.3 is 9.47 Å². The molecule has 0 N–H and O–H groups in total. The lowest BCUT2D eigenvalue weighted by molar-refractivity contribution is -0.183. The molecule has 2 nitrogen and oxygen atoms in total. The van der Waals surface area contributed by atoms with Crippen LogP contribution in [0, 0.1) is 5.41 Å². The fourth-order valence-corrected chi connectivity index (χ4v) is 2.20. The highest BCUT2D eigenvalue weighted by atomic mass is 16.6. The predicted molar refractivity (Wildman–Crippen MR) is 58.5 cm³/mol. The molecule has 0 aliphatic carbocycles. The van der Waals surface area contributed by atoms with Gasteiger partial charge >= 0.3 is 0 Å². The van der Waals surface area contributed by atoms with Crippen LogP contribution in [0.25, 0.3) is 0 Å². The molecule has 1 aliphatic heterocycles.